The van der Waals surface area contributed by atoms with Crippen molar-refractivity contribution in [3.05, 3.63) is 18.0 Å². The molecule has 16 heavy (non-hydrogen) atoms. The Hall–Kier alpha value is -0.870. The van der Waals surface area contributed by atoms with Crippen LogP contribution in [0.4, 0.5) is 0 Å². The molecule has 1 aromatic heterocycles. The van der Waals surface area contributed by atoms with Crippen LogP contribution in [0.2, 0.25) is 0 Å². The zero-order chi connectivity index (χ0) is 12.1. The van der Waals surface area contributed by atoms with Crippen molar-refractivity contribution in [2.45, 2.75) is 46.3 Å². The highest BCUT2D eigenvalue weighted by Gasteiger charge is 2.11. The first-order valence-electron chi connectivity index (χ1n) is 5.93. The molecule has 0 aliphatic carbocycles. The van der Waals surface area contributed by atoms with E-state index in [-0.39, 0.29) is 12.6 Å². The van der Waals surface area contributed by atoms with E-state index in [2.05, 4.69) is 38.1 Å². The standard InChI is InChI=1S/C12H23N3O/c1-9(2)12(8-16)13-7-11-5-6-15(14-11)10(3)4/h5-6,9-10,12-13,16H,7-8H2,1-4H3/t12-/m1/s1. The summed E-state index contributed by atoms with van der Waals surface area (Å²) in [6.45, 7) is 9.29. The topological polar surface area (TPSA) is 50.1 Å². The first-order valence-corrected chi connectivity index (χ1v) is 5.93. The van der Waals surface area contributed by atoms with Gasteiger partial charge in [-0.25, -0.2) is 0 Å². The van der Waals surface area contributed by atoms with Crippen molar-refractivity contribution in [3.63, 3.8) is 0 Å². The van der Waals surface area contributed by atoms with Gasteiger partial charge in [0.2, 0.25) is 0 Å². The minimum absolute atomic E-state index is 0.143. The van der Waals surface area contributed by atoms with E-state index in [4.69, 9.17) is 0 Å². The molecule has 0 aliphatic rings. The van der Waals surface area contributed by atoms with E-state index in [9.17, 15) is 5.11 Å². The van der Waals surface area contributed by atoms with Crippen molar-refractivity contribution in [3.8, 4) is 0 Å². The summed E-state index contributed by atoms with van der Waals surface area (Å²) in [6.07, 6.45) is 1.99. The van der Waals surface area contributed by atoms with Gasteiger partial charge in [-0.05, 0) is 25.8 Å². The maximum absolute atomic E-state index is 9.18. The Morgan fingerprint density at radius 1 is 1.38 bits per heavy atom. The Kier molecular flexibility index (Phi) is 4.96. The first-order chi connectivity index (χ1) is 7.54. The van der Waals surface area contributed by atoms with Crippen LogP contribution >= 0.6 is 0 Å². The molecule has 0 saturated heterocycles. The lowest BCUT2D eigenvalue weighted by Gasteiger charge is -2.19. The van der Waals surface area contributed by atoms with E-state index < -0.39 is 0 Å². The summed E-state index contributed by atoms with van der Waals surface area (Å²) in [5, 5.41) is 16.9. The van der Waals surface area contributed by atoms with Gasteiger partial charge in [0.05, 0.1) is 12.3 Å². The maximum Gasteiger partial charge on any atom is 0.0762 e. The number of hydrogen-bond donors (Lipinski definition) is 2. The van der Waals surface area contributed by atoms with Crippen LogP contribution in [0.1, 0.15) is 39.4 Å². The van der Waals surface area contributed by atoms with Gasteiger partial charge >= 0.3 is 0 Å². The highest BCUT2D eigenvalue weighted by molar-refractivity contribution is 4.99. The second-order valence-corrected chi connectivity index (χ2v) is 4.79. The van der Waals surface area contributed by atoms with Crippen molar-refractivity contribution in [1.29, 1.82) is 0 Å². The molecule has 0 aromatic carbocycles. The molecular formula is C12H23N3O. The number of aliphatic hydroxyl groups excluding tert-OH is 1. The summed E-state index contributed by atoms with van der Waals surface area (Å²) >= 11 is 0. The van der Waals surface area contributed by atoms with Gasteiger partial charge in [-0.2, -0.15) is 5.10 Å². The van der Waals surface area contributed by atoms with Crippen LogP contribution in [0.3, 0.4) is 0 Å². The minimum atomic E-state index is 0.143. The lowest BCUT2D eigenvalue weighted by atomic mass is 10.1. The third-order valence-electron chi connectivity index (χ3n) is 2.74. The number of aliphatic hydroxyl groups is 1. The molecule has 1 atom stereocenters. The van der Waals surface area contributed by atoms with Crippen LogP contribution in [0.5, 0.6) is 0 Å². The second kappa shape index (κ2) is 6.01. The van der Waals surface area contributed by atoms with Crippen LogP contribution in [0.25, 0.3) is 0 Å². The van der Waals surface area contributed by atoms with Gasteiger partial charge in [0.1, 0.15) is 0 Å². The molecule has 4 nitrogen and oxygen atoms in total. The van der Waals surface area contributed by atoms with E-state index in [0.717, 1.165) is 5.69 Å². The number of nitrogens with one attached hydrogen (secondary N) is 1. The van der Waals surface area contributed by atoms with Gasteiger partial charge in [-0.3, -0.25) is 4.68 Å². The number of nitrogens with zero attached hydrogens (tertiary/aromatic N) is 2. The number of rotatable bonds is 6. The van der Waals surface area contributed by atoms with Crippen molar-refractivity contribution in [2.75, 3.05) is 6.61 Å². The molecule has 1 aromatic rings. The van der Waals surface area contributed by atoms with Crippen molar-refractivity contribution < 1.29 is 5.11 Å². The summed E-state index contributed by atoms with van der Waals surface area (Å²) in [4.78, 5) is 0. The summed E-state index contributed by atoms with van der Waals surface area (Å²) in [5.41, 5.74) is 1.02. The average Bonchev–Trinajstić information content (AvgIpc) is 2.67. The molecule has 4 heteroatoms. The fourth-order valence-electron chi connectivity index (χ4n) is 1.51. The van der Waals surface area contributed by atoms with Crippen molar-refractivity contribution >= 4 is 0 Å². The van der Waals surface area contributed by atoms with Crippen LogP contribution < -0.4 is 5.32 Å². The van der Waals surface area contributed by atoms with Crippen LogP contribution in [-0.4, -0.2) is 27.5 Å². The molecule has 0 unspecified atom stereocenters. The molecule has 1 heterocycles. The highest BCUT2D eigenvalue weighted by Crippen LogP contribution is 2.06. The summed E-state index contributed by atoms with van der Waals surface area (Å²) in [7, 11) is 0. The average molecular weight is 225 g/mol. The van der Waals surface area contributed by atoms with Gasteiger partial charge in [0.15, 0.2) is 0 Å². The molecule has 0 bridgehead atoms. The second-order valence-electron chi connectivity index (χ2n) is 4.79. The highest BCUT2D eigenvalue weighted by atomic mass is 16.3. The van der Waals surface area contributed by atoms with Gasteiger partial charge in [0.25, 0.3) is 0 Å². The Labute approximate surface area is 97.7 Å². The molecule has 0 spiro atoms. The Bertz CT molecular complexity index is 307. The molecule has 0 amide bonds. The van der Waals surface area contributed by atoms with Crippen LogP contribution in [0, 0.1) is 5.92 Å². The van der Waals surface area contributed by atoms with Gasteiger partial charge in [-0.15, -0.1) is 0 Å². The van der Waals surface area contributed by atoms with Crippen LogP contribution in [0.15, 0.2) is 12.3 Å². The SMILES string of the molecule is CC(C)[C@@H](CO)NCc1ccn(C(C)C)n1. The fourth-order valence-corrected chi connectivity index (χ4v) is 1.51. The summed E-state index contributed by atoms with van der Waals surface area (Å²) < 4.78 is 1.94. The molecule has 0 aliphatic heterocycles. The number of aromatic nitrogens is 2. The smallest absolute Gasteiger partial charge is 0.0762 e. The molecule has 92 valence electrons. The summed E-state index contributed by atoms with van der Waals surface area (Å²) in [5.74, 6) is 0.428. The van der Waals surface area contributed by atoms with E-state index in [0.29, 0.717) is 18.5 Å². The van der Waals surface area contributed by atoms with E-state index in [1.54, 1.807) is 0 Å². The number of hydrogen-bond acceptors (Lipinski definition) is 3. The molecule has 0 fully saturated rings. The minimum Gasteiger partial charge on any atom is -0.395 e. The van der Waals surface area contributed by atoms with E-state index >= 15 is 0 Å². The molecular weight excluding hydrogens is 202 g/mol. The Balaban J connectivity index is 2.47. The Morgan fingerprint density at radius 2 is 2.06 bits per heavy atom. The van der Waals surface area contributed by atoms with E-state index in [1.165, 1.54) is 0 Å². The third-order valence-corrected chi connectivity index (χ3v) is 2.74. The van der Waals surface area contributed by atoms with Gasteiger partial charge in [-0.1, -0.05) is 13.8 Å². The van der Waals surface area contributed by atoms with Crippen molar-refractivity contribution in [2.24, 2.45) is 5.92 Å². The molecule has 1 rings (SSSR count). The predicted molar refractivity (Wildman–Crippen MR) is 65.2 cm³/mol. The first kappa shape index (κ1) is 13.2. The van der Waals surface area contributed by atoms with Gasteiger partial charge in [0, 0.05) is 24.8 Å². The zero-order valence-electron chi connectivity index (χ0n) is 10.6. The van der Waals surface area contributed by atoms with Crippen molar-refractivity contribution in [1.82, 2.24) is 15.1 Å². The Morgan fingerprint density at radius 3 is 2.50 bits per heavy atom. The third kappa shape index (κ3) is 3.61. The lowest BCUT2D eigenvalue weighted by Crippen LogP contribution is -2.36. The zero-order valence-corrected chi connectivity index (χ0v) is 10.6. The predicted octanol–water partition coefficient (Wildman–Crippen LogP) is 1.57. The van der Waals surface area contributed by atoms with Gasteiger partial charge < -0.3 is 10.4 Å². The molecule has 2 N–H and O–H groups in total. The molecule has 0 radical (unpaired) electrons. The van der Waals surface area contributed by atoms with Crippen LogP contribution in [-0.2, 0) is 6.54 Å². The summed E-state index contributed by atoms with van der Waals surface area (Å²) in [6, 6.07) is 2.55. The quantitative estimate of drug-likeness (QED) is 0.772. The maximum atomic E-state index is 9.18. The monoisotopic (exact) mass is 225 g/mol. The lowest BCUT2D eigenvalue weighted by molar-refractivity contribution is 0.209. The largest absolute Gasteiger partial charge is 0.395 e. The molecule has 0 saturated carbocycles. The fraction of sp³-hybridized carbons (Fsp3) is 0.750. The normalized spacial score (nSPS) is 13.7. The van der Waals surface area contributed by atoms with E-state index in [1.807, 2.05) is 16.9 Å².